The number of amides is 1. The van der Waals surface area contributed by atoms with Crippen LogP contribution in [0.25, 0.3) is 11.0 Å². The molecule has 0 saturated heterocycles. The summed E-state index contributed by atoms with van der Waals surface area (Å²) in [5.41, 5.74) is 3.10. The Morgan fingerprint density at radius 3 is 2.62 bits per heavy atom. The Morgan fingerprint density at radius 1 is 1.12 bits per heavy atom. The zero-order chi connectivity index (χ0) is 18.5. The first kappa shape index (κ1) is 17.7. The predicted molar refractivity (Wildman–Crippen MR) is 100 cm³/mol. The van der Waals surface area contributed by atoms with Gasteiger partial charge >= 0.3 is 5.97 Å². The molecule has 3 rings (SSSR count). The van der Waals surface area contributed by atoms with Crippen LogP contribution in [0.15, 0.2) is 52.9 Å². The van der Waals surface area contributed by atoms with Crippen LogP contribution in [-0.2, 0) is 16.0 Å². The van der Waals surface area contributed by atoms with Crippen molar-refractivity contribution in [3.63, 3.8) is 0 Å². The normalized spacial score (nSPS) is 10.7. The summed E-state index contributed by atoms with van der Waals surface area (Å²) in [5.74, 6) is -0.330. The fourth-order valence-corrected chi connectivity index (χ4v) is 2.82. The number of nitrogens with one attached hydrogen (secondary N) is 1. The monoisotopic (exact) mass is 351 g/mol. The van der Waals surface area contributed by atoms with Crippen molar-refractivity contribution in [2.75, 3.05) is 11.9 Å². The molecule has 2 aromatic carbocycles. The standard InChI is InChI=1S/C21H21NO4/c1-3-25-21(24)20-14(2)17-13-16(10-11-18(17)26-20)22-19(23)12-9-15-7-5-4-6-8-15/h4-8,10-11,13H,3,9,12H2,1-2H3,(H,22,23). The van der Waals surface area contributed by atoms with Crippen LogP contribution in [0.5, 0.6) is 0 Å². The minimum atomic E-state index is -0.477. The van der Waals surface area contributed by atoms with Crippen molar-refractivity contribution in [3.8, 4) is 0 Å². The molecule has 1 heterocycles. The number of furan rings is 1. The second kappa shape index (κ2) is 7.87. The molecule has 0 aliphatic rings. The second-order valence-electron chi connectivity index (χ2n) is 6.02. The molecule has 26 heavy (non-hydrogen) atoms. The van der Waals surface area contributed by atoms with E-state index in [-0.39, 0.29) is 18.3 Å². The van der Waals surface area contributed by atoms with E-state index in [9.17, 15) is 9.59 Å². The Bertz CT molecular complexity index is 928. The SMILES string of the molecule is CCOC(=O)c1oc2ccc(NC(=O)CCc3ccccc3)cc2c1C. The Labute approximate surface area is 152 Å². The number of benzene rings is 2. The van der Waals surface area contributed by atoms with E-state index in [1.54, 1.807) is 26.0 Å². The van der Waals surface area contributed by atoms with E-state index in [0.29, 0.717) is 29.7 Å². The van der Waals surface area contributed by atoms with Gasteiger partial charge < -0.3 is 14.5 Å². The summed E-state index contributed by atoms with van der Waals surface area (Å²) in [4.78, 5) is 24.1. The lowest BCUT2D eigenvalue weighted by Crippen LogP contribution is -2.12. The molecule has 0 radical (unpaired) electrons. The van der Waals surface area contributed by atoms with E-state index >= 15 is 0 Å². The molecule has 0 saturated carbocycles. The maximum Gasteiger partial charge on any atom is 0.374 e. The van der Waals surface area contributed by atoms with Crippen LogP contribution in [0, 0.1) is 6.92 Å². The van der Waals surface area contributed by atoms with Gasteiger partial charge in [0.05, 0.1) is 6.61 Å². The van der Waals surface area contributed by atoms with Crippen LogP contribution in [0.3, 0.4) is 0 Å². The van der Waals surface area contributed by atoms with E-state index in [1.807, 2.05) is 36.4 Å². The smallest absolute Gasteiger partial charge is 0.374 e. The highest BCUT2D eigenvalue weighted by Gasteiger charge is 2.19. The van der Waals surface area contributed by atoms with Gasteiger partial charge in [-0.15, -0.1) is 0 Å². The maximum atomic E-state index is 12.2. The van der Waals surface area contributed by atoms with E-state index < -0.39 is 5.97 Å². The molecule has 5 heteroatoms. The molecular weight excluding hydrogens is 330 g/mol. The summed E-state index contributed by atoms with van der Waals surface area (Å²) in [6.45, 7) is 3.84. The molecule has 0 fully saturated rings. The summed E-state index contributed by atoms with van der Waals surface area (Å²) >= 11 is 0. The van der Waals surface area contributed by atoms with Crippen molar-refractivity contribution in [2.24, 2.45) is 0 Å². The van der Waals surface area contributed by atoms with E-state index in [4.69, 9.17) is 9.15 Å². The van der Waals surface area contributed by atoms with Crippen LogP contribution >= 0.6 is 0 Å². The molecule has 5 nitrogen and oxygen atoms in total. The molecule has 134 valence electrons. The molecular formula is C21H21NO4. The first-order valence-electron chi connectivity index (χ1n) is 8.62. The van der Waals surface area contributed by atoms with Crippen molar-refractivity contribution in [2.45, 2.75) is 26.7 Å². The third kappa shape index (κ3) is 3.94. The predicted octanol–water partition coefficient (Wildman–Crippen LogP) is 4.49. The average Bonchev–Trinajstić information content (AvgIpc) is 2.98. The van der Waals surface area contributed by atoms with Crippen LogP contribution < -0.4 is 5.32 Å². The first-order chi connectivity index (χ1) is 12.6. The number of fused-ring (bicyclic) bond motifs is 1. The fourth-order valence-electron chi connectivity index (χ4n) is 2.82. The maximum absolute atomic E-state index is 12.2. The molecule has 0 aliphatic carbocycles. The zero-order valence-corrected chi connectivity index (χ0v) is 14.9. The highest BCUT2D eigenvalue weighted by Crippen LogP contribution is 2.28. The lowest BCUT2D eigenvalue weighted by atomic mass is 10.1. The van der Waals surface area contributed by atoms with Gasteiger partial charge in [0, 0.05) is 23.1 Å². The summed E-state index contributed by atoms with van der Waals surface area (Å²) in [6, 6.07) is 15.2. The number of carbonyl (C=O) groups excluding carboxylic acids is 2. The number of carbonyl (C=O) groups is 2. The quantitative estimate of drug-likeness (QED) is 0.665. The summed E-state index contributed by atoms with van der Waals surface area (Å²) in [6.07, 6.45) is 1.09. The summed E-state index contributed by atoms with van der Waals surface area (Å²) in [5, 5.41) is 3.68. The van der Waals surface area contributed by atoms with Gasteiger partial charge in [0.2, 0.25) is 11.7 Å². The highest BCUT2D eigenvalue weighted by molar-refractivity contribution is 5.98. The molecule has 0 bridgehead atoms. The Morgan fingerprint density at radius 2 is 1.88 bits per heavy atom. The first-order valence-corrected chi connectivity index (χ1v) is 8.62. The summed E-state index contributed by atoms with van der Waals surface area (Å²) in [7, 11) is 0. The fraction of sp³-hybridized carbons (Fsp3) is 0.238. The van der Waals surface area contributed by atoms with E-state index in [0.717, 1.165) is 10.9 Å². The third-order valence-electron chi connectivity index (χ3n) is 4.16. The van der Waals surface area contributed by atoms with E-state index in [2.05, 4.69) is 5.32 Å². The average molecular weight is 351 g/mol. The number of rotatable bonds is 6. The Balaban J connectivity index is 1.71. The Hall–Kier alpha value is -3.08. The molecule has 1 N–H and O–H groups in total. The molecule has 0 spiro atoms. The van der Waals surface area contributed by atoms with Crippen LogP contribution in [0.4, 0.5) is 5.69 Å². The molecule has 1 amide bonds. The number of esters is 1. The highest BCUT2D eigenvalue weighted by atomic mass is 16.5. The Kier molecular flexibility index (Phi) is 5.37. The lowest BCUT2D eigenvalue weighted by Gasteiger charge is -2.05. The topological polar surface area (TPSA) is 68.5 Å². The number of aryl methyl sites for hydroxylation is 2. The summed E-state index contributed by atoms with van der Waals surface area (Å²) < 4.78 is 10.6. The minimum absolute atomic E-state index is 0.0556. The third-order valence-corrected chi connectivity index (χ3v) is 4.16. The van der Waals surface area contributed by atoms with Gasteiger partial charge in [0.25, 0.3) is 0 Å². The number of ether oxygens (including phenoxy) is 1. The van der Waals surface area contributed by atoms with Gasteiger partial charge in [0.1, 0.15) is 5.58 Å². The molecule has 3 aromatic rings. The lowest BCUT2D eigenvalue weighted by molar-refractivity contribution is -0.116. The second-order valence-corrected chi connectivity index (χ2v) is 6.02. The van der Waals surface area contributed by atoms with Gasteiger partial charge in [-0.25, -0.2) is 4.79 Å². The van der Waals surface area contributed by atoms with Gasteiger partial charge in [0.15, 0.2) is 0 Å². The van der Waals surface area contributed by atoms with Crippen molar-refractivity contribution in [3.05, 3.63) is 65.4 Å². The number of anilines is 1. The van der Waals surface area contributed by atoms with Gasteiger partial charge in [-0.2, -0.15) is 0 Å². The van der Waals surface area contributed by atoms with Gasteiger partial charge in [-0.05, 0) is 44.0 Å². The van der Waals surface area contributed by atoms with Crippen molar-refractivity contribution in [1.82, 2.24) is 0 Å². The van der Waals surface area contributed by atoms with E-state index in [1.165, 1.54) is 0 Å². The van der Waals surface area contributed by atoms with Crippen molar-refractivity contribution in [1.29, 1.82) is 0 Å². The molecule has 0 unspecified atom stereocenters. The van der Waals surface area contributed by atoms with Crippen LogP contribution in [-0.4, -0.2) is 18.5 Å². The molecule has 0 atom stereocenters. The van der Waals surface area contributed by atoms with Gasteiger partial charge in [-0.3, -0.25) is 4.79 Å². The largest absolute Gasteiger partial charge is 0.460 e. The zero-order valence-electron chi connectivity index (χ0n) is 14.9. The van der Waals surface area contributed by atoms with Crippen molar-refractivity contribution < 1.29 is 18.7 Å². The number of hydrogen-bond acceptors (Lipinski definition) is 4. The minimum Gasteiger partial charge on any atom is -0.460 e. The number of hydrogen-bond donors (Lipinski definition) is 1. The molecule has 0 aliphatic heterocycles. The van der Waals surface area contributed by atoms with Gasteiger partial charge in [-0.1, -0.05) is 30.3 Å². The van der Waals surface area contributed by atoms with Crippen LogP contribution in [0.1, 0.15) is 35.0 Å². The molecule has 1 aromatic heterocycles. The van der Waals surface area contributed by atoms with Crippen molar-refractivity contribution >= 4 is 28.5 Å². The van der Waals surface area contributed by atoms with Crippen LogP contribution in [0.2, 0.25) is 0 Å².